The third-order valence-corrected chi connectivity index (χ3v) is 5.97. The largest absolute Gasteiger partial charge is 0.381 e. The molecular weight excluding hydrogens is 338 g/mol. The van der Waals surface area contributed by atoms with E-state index in [0.29, 0.717) is 12.0 Å². The summed E-state index contributed by atoms with van der Waals surface area (Å²) in [6.45, 7) is 7.13. The molecule has 1 aromatic carbocycles. The standard InChI is InChI=1S/C22H29N3O2/c1-17(26)24-9-10-25(21-6-11-27-12-7-21)16-19(15-24)13-18-4-5-22-20(14-18)3-2-8-23-22/h2-5,8,14,19,21H,6-7,9-13,15-16H2,1H3. The van der Waals surface area contributed by atoms with Crippen LogP contribution in [0.2, 0.25) is 0 Å². The lowest BCUT2D eigenvalue weighted by atomic mass is 9.96. The van der Waals surface area contributed by atoms with Crippen molar-refractivity contribution in [3.63, 3.8) is 0 Å². The molecule has 0 saturated carbocycles. The molecule has 0 bridgehead atoms. The van der Waals surface area contributed by atoms with Gasteiger partial charge in [-0.25, -0.2) is 0 Å². The highest BCUT2D eigenvalue weighted by Gasteiger charge is 2.29. The van der Waals surface area contributed by atoms with Crippen LogP contribution < -0.4 is 0 Å². The molecular formula is C22H29N3O2. The topological polar surface area (TPSA) is 45.7 Å². The predicted octanol–water partition coefficient (Wildman–Crippen LogP) is 2.74. The van der Waals surface area contributed by atoms with Gasteiger partial charge >= 0.3 is 0 Å². The van der Waals surface area contributed by atoms with Crippen LogP contribution in [-0.4, -0.2) is 66.1 Å². The van der Waals surface area contributed by atoms with Gasteiger partial charge in [-0.15, -0.1) is 0 Å². The van der Waals surface area contributed by atoms with Gasteiger partial charge in [0.2, 0.25) is 5.91 Å². The summed E-state index contributed by atoms with van der Waals surface area (Å²) in [4.78, 5) is 21.2. The molecule has 2 aromatic rings. The van der Waals surface area contributed by atoms with Crippen LogP contribution in [0.5, 0.6) is 0 Å². The Morgan fingerprint density at radius 1 is 1.19 bits per heavy atom. The predicted molar refractivity (Wildman–Crippen MR) is 107 cm³/mol. The molecule has 144 valence electrons. The van der Waals surface area contributed by atoms with E-state index >= 15 is 0 Å². The van der Waals surface area contributed by atoms with E-state index in [-0.39, 0.29) is 5.91 Å². The Balaban J connectivity index is 1.52. The maximum absolute atomic E-state index is 12.1. The fourth-order valence-corrected chi connectivity index (χ4v) is 4.52. The van der Waals surface area contributed by atoms with Crippen LogP contribution in [0.4, 0.5) is 0 Å². The van der Waals surface area contributed by atoms with E-state index < -0.39 is 0 Å². The number of hydrogen-bond donors (Lipinski definition) is 0. The first-order valence-electron chi connectivity index (χ1n) is 10.1. The molecule has 27 heavy (non-hydrogen) atoms. The summed E-state index contributed by atoms with van der Waals surface area (Å²) < 4.78 is 5.55. The van der Waals surface area contributed by atoms with Crippen LogP contribution in [0.25, 0.3) is 10.9 Å². The van der Waals surface area contributed by atoms with Gasteiger partial charge in [0.15, 0.2) is 0 Å². The fraction of sp³-hybridized carbons (Fsp3) is 0.545. The first-order valence-corrected chi connectivity index (χ1v) is 10.1. The lowest BCUT2D eigenvalue weighted by molar-refractivity contribution is -0.129. The Kier molecular flexibility index (Phi) is 5.69. The lowest BCUT2D eigenvalue weighted by Gasteiger charge is -2.34. The Hall–Kier alpha value is -1.98. The highest BCUT2D eigenvalue weighted by atomic mass is 16.5. The minimum absolute atomic E-state index is 0.191. The molecule has 1 amide bonds. The third-order valence-electron chi connectivity index (χ3n) is 5.97. The van der Waals surface area contributed by atoms with Crippen LogP contribution in [0.15, 0.2) is 36.5 Å². The maximum Gasteiger partial charge on any atom is 0.219 e. The summed E-state index contributed by atoms with van der Waals surface area (Å²) in [5, 5.41) is 1.19. The van der Waals surface area contributed by atoms with E-state index in [1.807, 2.05) is 17.2 Å². The van der Waals surface area contributed by atoms with Crippen molar-refractivity contribution < 1.29 is 9.53 Å². The minimum Gasteiger partial charge on any atom is -0.381 e. The van der Waals surface area contributed by atoms with Gasteiger partial charge in [0, 0.05) is 63.9 Å². The molecule has 1 atom stereocenters. The molecule has 5 heteroatoms. The van der Waals surface area contributed by atoms with Crippen molar-refractivity contribution in [1.82, 2.24) is 14.8 Å². The molecule has 0 aliphatic carbocycles. The molecule has 2 aliphatic heterocycles. The molecule has 0 N–H and O–H groups in total. The van der Waals surface area contributed by atoms with Crippen molar-refractivity contribution in [3.8, 4) is 0 Å². The molecule has 0 radical (unpaired) electrons. The fourth-order valence-electron chi connectivity index (χ4n) is 4.52. The number of pyridine rings is 1. The van der Waals surface area contributed by atoms with Gasteiger partial charge in [0.05, 0.1) is 5.52 Å². The van der Waals surface area contributed by atoms with Gasteiger partial charge in [0.25, 0.3) is 0 Å². The van der Waals surface area contributed by atoms with Gasteiger partial charge in [-0.1, -0.05) is 12.1 Å². The van der Waals surface area contributed by atoms with Gasteiger partial charge in [-0.2, -0.15) is 0 Å². The van der Waals surface area contributed by atoms with Gasteiger partial charge in [-0.05, 0) is 48.9 Å². The number of benzene rings is 1. The van der Waals surface area contributed by atoms with Crippen molar-refractivity contribution >= 4 is 16.8 Å². The Bertz CT molecular complexity index is 788. The van der Waals surface area contributed by atoms with Crippen molar-refractivity contribution in [1.29, 1.82) is 0 Å². The molecule has 2 fully saturated rings. The number of carbonyl (C=O) groups excluding carboxylic acids is 1. The molecule has 0 spiro atoms. The smallest absolute Gasteiger partial charge is 0.219 e. The Morgan fingerprint density at radius 2 is 2.04 bits per heavy atom. The third kappa shape index (κ3) is 4.47. The zero-order valence-corrected chi connectivity index (χ0v) is 16.1. The lowest BCUT2D eigenvalue weighted by Crippen LogP contribution is -2.43. The second-order valence-electron chi connectivity index (χ2n) is 7.90. The summed E-state index contributed by atoms with van der Waals surface area (Å²) in [6.07, 6.45) is 5.04. The van der Waals surface area contributed by atoms with E-state index in [9.17, 15) is 4.79 Å². The van der Waals surface area contributed by atoms with Crippen LogP contribution in [0.1, 0.15) is 25.3 Å². The second kappa shape index (κ2) is 8.36. The zero-order chi connectivity index (χ0) is 18.6. The maximum atomic E-state index is 12.1. The van der Waals surface area contributed by atoms with E-state index in [2.05, 4.69) is 34.1 Å². The van der Waals surface area contributed by atoms with Gasteiger partial charge in [0.1, 0.15) is 0 Å². The quantitative estimate of drug-likeness (QED) is 0.837. The molecule has 2 aliphatic rings. The minimum atomic E-state index is 0.191. The number of nitrogens with zero attached hydrogens (tertiary/aromatic N) is 3. The monoisotopic (exact) mass is 367 g/mol. The molecule has 2 saturated heterocycles. The van der Waals surface area contributed by atoms with Crippen molar-refractivity contribution in [2.24, 2.45) is 5.92 Å². The SMILES string of the molecule is CC(=O)N1CCN(C2CCOCC2)CC(Cc2ccc3ncccc3c2)C1. The van der Waals surface area contributed by atoms with Crippen LogP contribution >= 0.6 is 0 Å². The van der Waals surface area contributed by atoms with Crippen molar-refractivity contribution in [3.05, 3.63) is 42.1 Å². The number of aromatic nitrogens is 1. The summed E-state index contributed by atoms with van der Waals surface area (Å²) in [6, 6.07) is 11.3. The van der Waals surface area contributed by atoms with Gasteiger partial charge < -0.3 is 9.64 Å². The summed E-state index contributed by atoms with van der Waals surface area (Å²) in [7, 11) is 0. The summed E-state index contributed by atoms with van der Waals surface area (Å²) in [5.74, 6) is 0.643. The average Bonchev–Trinajstić information content (AvgIpc) is 2.91. The van der Waals surface area contributed by atoms with Crippen molar-refractivity contribution in [2.75, 3.05) is 39.4 Å². The Labute approximate surface area is 161 Å². The molecule has 1 unspecified atom stereocenters. The van der Waals surface area contributed by atoms with Crippen molar-refractivity contribution in [2.45, 2.75) is 32.2 Å². The Morgan fingerprint density at radius 3 is 2.85 bits per heavy atom. The molecule has 4 rings (SSSR count). The molecule has 3 heterocycles. The van der Waals surface area contributed by atoms with E-state index in [1.165, 1.54) is 10.9 Å². The van der Waals surface area contributed by atoms with E-state index in [0.717, 1.165) is 64.2 Å². The zero-order valence-electron chi connectivity index (χ0n) is 16.1. The van der Waals surface area contributed by atoms with Gasteiger partial charge in [-0.3, -0.25) is 14.7 Å². The number of carbonyl (C=O) groups is 1. The first kappa shape index (κ1) is 18.4. The number of ether oxygens (including phenoxy) is 1. The number of amides is 1. The van der Waals surface area contributed by atoms with Crippen LogP contribution in [0, 0.1) is 5.92 Å². The number of rotatable bonds is 3. The van der Waals surface area contributed by atoms with E-state index in [1.54, 1.807) is 6.92 Å². The molecule has 1 aromatic heterocycles. The second-order valence-corrected chi connectivity index (χ2v) is 7.90. The molecule has 5 nitrogen and oxygen atoms in total. The highest BCUT2D eigenvalue weighted by molar-refractivity contribution is 5.78. The summed E-state index contributed by atoms with van der Waals surface area (Å²) >= 11 is 0. The number of fused-ring (bicyclic) bond motifs is 1. The number of hydrogen-bond acceptors (Lipinski definition) is 4. The highest BCUT2D eigenvalue weighted by Crippen LogP contribution is 2.23. The normalized spacial score (nSPS) is 22.7. The van der Waals surface area contributed by atoms with E-state index in [4.69, 9.17) is 4.74 Å². The average molecular weight is 367 g/mol. The van der Waals surface area contributed by atoms with Crippen LogP contribution in [0.3, 0.4) is 0 Å². The summed E-state index contributed by atoms with van der Waals surface area (Å²) in [5.41, 5.74) is 2.37. The van der Waals surface area contributed by atoms with Crippen LogP contribution in [-0.2, 0) is 16.0 Å². The first-order chi connectivity index (χ1) is 13.2.